The summed E-state index contributed by atoms with van der Waals surface area (Å²) in [5, 5.41) is 5.25. The van der Waals surface area contributed by atoms with Crippen LogP contribution >= 0.6 is 0 Å². The lowest BCUT2D eigenvalue weighted by atomic mass is 9.84. The van der Waals surface area contributed by atoms with Crippen molar-refractivity contribution < 1.29 is 13.2 Å². The van der Waals surface area contributed by atoms with E-state index in [0.29, 0.717) is 12.8 Å². The van der Waals surface area contributed by atoms with E-state index in [4.69, 9.17) is 0 Å². The van der Waals surface area contributed by atoms with Gasteiger partial charge >= 0.3 is 6.18 Å². The molecule has 112 valence electrons. The highest BCUT2D eigenvalue weighted by molar-refractivity contribution is 5.85. The lowest BCUT2D eigenvalue weighted by Gasteiger charge is -2.34. The van der Waals surface area contributed by atoms with Crippen LogP contribution in [0.15, 0.2) is 42.5 Å². The summed E-state index contributed by atoms with van der Waals surface area (Å²) in [6.45, 7) is 0. The van der Waals surface area contributed by atoms with Gasteiger partial charge in [0.15, 0.2) is 0 Å². The first-order valence-corrected chi connectivity index (χ1v) is 7.36. The number of alkyl halides is 3. The maximum atomic E-state index is 13.1. The molecule has 0 saturated heterocycles. The summed E-state index contributed by atoms with van der Waals surface area (Å²) in [7, 11) is 0. The summed E-state index contributed by atoms with van der Waals surface area (Å²) >= 11 is 0. The molecule has 3 rings (SSSR count). The smallest absolute Gasteiger partial charge is 0.382 e. The van der Waals surface area contributed by atoms with Crippen LogP contribution in [0.1, 0.15) is 25.7 Å². The van der Waals surface area contributed by atoms with Crippen LogP contribution in [0.25, 0.3) is 10.8 Å². The van der Waals surface area contributed by atoms with Crippen LogP contribution in [0.3, 0.4) is 0 Å². The maximum Gasteiger partial charge on any atom is 0.393 e. The zero-order chi connectivity index (χ0) is 14.9. The Bertz CT molecular complexity index is 621. The molecule has 1 aliphatic rings. The fourth-order valence-corrected chi connectivity index (χ4v) is 3.19. The first-order valence-electron chi connectivity index (χ1n) is 7.36. The van der Waals surface area contributed by atoms with E-state index in [0.717, 1.165) is 22.9 Å². The number of nitrogens with one attached hydrogen (secondary N) is 1. The summed E-state index contributed by atoms with van der Waals surface area (Å²) < 4.78 is 39.3. The first kappa shape index (κ1) is 14.2. The second kappa shape index (κ2) is 5.58. The van der Waals surface area contributed by atoms with Crippen LogP contribution in [0.5, 0.6) is 0 Å². The highest BCUT2D eigenvalue weighted by atomic mass is 19.4. The number of anilines is 1. The highest BCUT2D eigenvalue weighted by Crippen LogP contribution is 2.39. The zero-order valence-corrected chi connectivity index (χ0v) is 11.7. The van der Waals surface area contributed by atoms with Crippen molar-refractivity contribution in [2.45, 2.75) is 37.9 Å². The van der Waals surface area contributed by atoms with Crippen LogP contribution < -0.4 is 5.32 Å². The fourth-order valence-electron chi connectivity index (χ4n) is 3.19. The summed E-state index contributed by atoms with van der Waals surface area (Å²) in [6, 6.07) is 13.1. The van der Waals surface area contributed by atoms with Crippen molar-refractivity contribution in [1.29, 1.82) is 0 Å². The molecule has 1 fully saturated rings. The predicted octanol–water partition coefficient (Wildman–Crippen LogP) is 5.37. The second-order valence-corrected chi connectivity index (χ2v) is 5.75. The van der Waals surface area contributed by atoms with Crippen LogP contribution in [-0.4, -0.2) is 12.2 Å². The largest absolute Gasteiger partial charge is 0.393 e. The molecule has 1 nitrogen and oxygen atoms in total. The molecule has 1 N–H and O–H groups in total. The maximum absolute atomic E-state index is 13.1. The molecule has 2 atom stereocenters. The lowest BCUT2D eigenvalue weighted by Crippen LogP contribution is -2.41. The Morgan fingerprint density at radius 1 is 0.905 bits per heavy atom. The molecule has 2 aromatic carbocycles. The van der Waals surface area contributed by atoms with Gasteiger partial charge in [-0.2, -0.15) is 13.2 Å². The topological polar surface area (TPSA) is 12.0 Å². The number of rotatable bonds is 2. The Morgan fingerprint density at radius 2 is 1.62 bits per heavy atom. The average molecular weight is 293 g/mol. The number of hydrogen-bond donors (Lipinski definition) is 1. The average Bonchev–Trinajstić information content (AvgIpc) is 2.46. The van der Waals surface area contributed by atoms with Crippen molar-refractivity contribution in [2.75, 3.05) is 5.32 Å². The minimum Gasteiger partial charge on any atom is -0.382 e. The number of benzene rings is 2. The molecule has 0 aliphatic heterocycles. The van der Waals surface area contributed by atoms with Crippen LogP contribution in [0.2, 0.25) is 0 Å². The Kier molecular flexibility index (Phi) is 3.79. The van der Waals surface area contributed by atoms with Gasteiger partial charge < -0.3 is 5.32 Å². The summed E-state index contributed by atoms with van der Waals surface area (Å²) in [5.41, 5.74) is 0.773. The van der Waals surface area contributed by atoms with Crippen molar-refractivity contribution in [3.8, 4) is 0 Å². The third kappa shape index (κ3) is 3.14. The SMILES string of the molecule is FC(F)(F)C1CCCCC1Nc1ccc2ccccc2c1. The van der Waals surface area contributed by atoms with Gasteiger partial charge in [0, 0.05) is 11.7 Å². The van der Waals surface area contributed by atoms with Gasteiger partial charge in [0.2, 0.25) is 0 Å². The van der Waals surface area contributed by atoms with Crippen LogP contribution in [0.4, 0.5) is 18.9 Å². The Hall–Kier alpha value is -1.71. The summed E-state index contributed by atoms with van der Waals surface area (Å²) in [5.74, 6) is -1.24. The molecule has 0 amide bonds. The van der Waals surface area contributed by atoms with E-state index in [-0.39, 0.29) is 6.42 Å². The van der Waals surface area contributed by atoms with E-state index < -0.39 is 18.1 Å². The molecule has 21 heavy (non-hydrogen) atoms. The van der Waals surface area contributed by atoms with Crippen molar-refractivity contribution in [2.24, 2.45) is 5.92 Å². The van der Waals surface area contributed by atoms with Gasteiger partial charge in [0.25, 0.3) is 0 Å². The van der Waals surface area contributed by atoms with E-state index >= 15 is 0 Å². The van der Waals surface area contributed by atoms with Gasteiger partial charge in [-0.15, -0.1) is 0 Å². The zero-order valence-electron chi connectivity index (χ0n) is 11.7. The van der Waals surface area contributed by atoms with Crippen LogP contribution in [0, 0.1) is 5.92 Å². The monoisotopic (exact) mass is 293 g/mol. The standard InChI is InChI=1S/C17H18F3N/c18-17(19,20)15-7-3-4-8-16(15)21-14-10-9-12-5-1-2-6-13(12)11-14/h1-2,5-6,9-11,15-16,21H,3-4,7-8H2. The van der Waals surface area contributed by atoms with Gasteiger partial charge in [-0.3, -0.25) is 0 Å². The Balaban J connectivity index is 1.82. The fraction of sp³-hybridized carbons (Fsp3) is 0.412. The van der Waals surface area contributed by atoms with Crippen molar-refractivity contribution in [3.63, 3.8) is 0 Å². The third-order valence-electron chi connectivity index (χ3n) is 4.29. The second-order valence-electron chi connectivity index (χ2n) is 5.75. The van der Waals surface area contributed by atoms with E-state index in [1.165, 1.54) is 0 Å². The number of halogens is 3. The first-order chi connectivity index (χ1) is 10.0. The molecule has 1 saturated carbocycles. The van der Waals surface area contributed by atoms with Gasteiger partial charge in [0.05, 0.1) is 5.92 Å². The normalized spacial score (nSPS) is 23.2. The van der Waals surface area contributed by atoms with Crippen LogP contribution in [-0.2, 0) is 0 Å². The predicted molar refractivity (Wildman–Crippen MR) is 79.4 cm³/mol. The molecule has 0 spiro atoms. The van der Waals surface area contributed by atoms with Gasteiger partial charge in [-0.05, 0) is 35.7 Å². The van der Waals surface area contributed by atoms with E-state index in [9.17, 15) is 13.2 Å². The van der Waals surface area contributed by atoms with Gasteiger partial charge in [-0.25, -0.2) is 0 Å². The molecule has 4 heteroatoms. The lowest BCUT2D eigenvalue weighted by molar-refractivity contribution is -0.184. The van der Waals surface area contributed by atoms with Gasteiger partial charge in [0.1, 0.15) is 0 Å². The molecule has 0 radical (unpaired) electrons. The third-order valence-corrected chi connectivity index (χ3v) is 4.29. The van der Waals surface area contributed by atoms with Gasteiger partial charge in [-0.1, -0.05) is 43.2 Å². The molecular formula is C17H18F3N. The number of fused-ring (bicyclic) bond motifs is 1. The van der Waals surface area contributed by atoms with E-state index in [1.54, 1.807) is 0 Å². The van der Waals surface area contributed by atoms with E-state index in [1.807, 2.05) is 42.5 Å². The molecular weight excluding hydrogens is 275 g/mol. The Labute approximate surface area is 122 Å². The molecule has 1 aliphatic carbocycles. The summed E-state index contributed by atoms with van der Waals surface area (Å²) in [4.78, 5) is 0. The number of hydrogen-bond acceptors (Lipinski definition) is 1. The molecule has 0 heterocycles. The quantitative estimate of drug-likeness (QED) is 0.784. The highest BCUT2D eigenvalue weighted by Gasteiger charge is 2.45. The molecule has 2 aromatic rings. The van der Waals surface area contributed by atoms with E-state index in [2.05, 4.69) is 5.32 Å². The molecule has 0 bridgehead atoms. The van der Waals surface area contributed by atoms with Crippen molar-refractivity contribution >= 4 is 16.5 Å². The minimum atomic E-state index is -4.12. The summed E-state index contributed by atoms with van der Waals surface area (Å²) in [6.07, 6.45) is -1.78. The molecule has 0 aromatic heterocycles. The minimum absolute atomic E-state index is 0.231. The van der Waals surface area contributed by atoms with Crippen molar-refractivity contribution in [1.82, 2.24) is 0 Å². The Morgan fingerprint density at radius 3 is 2.38 bits per heavy atom. The van der Waals surface area contributed by atoms with Crippen molar-refractivity contribution in [3.05, 3.63) is 42.5 Å². The molecule has 2 unspecified atom stereocenters.